The molecule has 1 amide bonds. The Labute approximate surface area is 179 Å². The van der Waals surface area contributed by atoms with E-state index in [1.165, 1.54) is 4.90 Å². The molecule has 1 aliphatic heterocycles. The van der Waals surface area contributed by atoms with E-state index in [-0.39, 0.29) is 12.5 Å². The van der Waals surface area contributed by atoms with Crippen LogP contribution in [0.15, 0.2) is 78.9 Å². The Morgan fingerprint density at radius 3 is 2.23 bits per heavy atom. The molecule has 0 spiro atoms. The topological polar surface area (TPSA) is 77.8 Å². The van der Waals surface area contributed by atoms with Gasteiger partial charge in [-0.3, -0.25) is 9.59 Å². The molecule has 0 saturated heterocycles. The number of aliphatic hydroxyl groups is 1. The summed E-state index contributed by atoms with van der Waals surface area (Å²) >= 11 is 6.04. The summed E-state index contributed by atoms with van der Waals surface area (Å²) in [5.74, 6) is -2.34. The van der Waals surface area contributed by atoms with Gasteiger partial charge in [0.25, 0.3) is 5.91 Å². The Morgan fingerprint density at radius 2 is 1.60 bits per heavy atom. The van der Waals surface area contributed by atoms with Gasteiger partial charge in [0, 0.05) is 10.6 Å². The summed E-state index contributed by atoms with van der Waals surface area (Å²) in [6, 6.07) is 21.2. The average Bonchev–Trinajstić information content (AvgIpc) is 2.76. The van der Waals surface area contributed by atoms with E-state index in [4.69, 9.17) is 11.6 Å². The van der Waals surface area contributed by atoms with Crippen molar-refractivity contribution < 1.29 is 19.8 Å². The molecule has 0 aliphatic carbocycles. The fraction of sp³-hybridized carbons (Fsp3) is 0.167. The molecule has 0 saturated carbocycles. The highest BCUT2D eigenvalue weighted by Crippen LogP contribution is 2.46. The van der Waals surface area contributed by atoms with Crippen LogP contribution in [-0.2, 0) is 4.79 Å². The first-order valence-electron chi connectivity index (χ1n) is 9.58. The molecule has 1 aliphatic rings. The number of rotatable bonds is 5. The maximum Gasteiger partial charge on any atom is 0.313 e. The molecule has 5 nitrogen and oxygen atoms in total. The number of benzene rings is 3. The number of carbonyl (C=O) groups excluding carboxylic acids is 1. The Hall–Kier alpha value is -3.15. The number of carbonyl (C=O) groups is 2. The largest absolute Gasteiger partial charge is 0.481 e. The molecule has 152 valence electrons. The SMILES string of the molecule is O=C(O)[C@@H]1c2ccccc2C(=O)N([C@H](CO)c2ccccc2)[C@H]1c1ccc(Cl)cc1. The number of amides is 1. The molecular weight excluding hydrogens is 402 g/mol. The van der Waals surface area contributed by atoms with Gasteiger partial charge in [-0.15, -0.1) is 0 Å². The number of hydrogen-bond donors (Lipinski definition) is 2. The predicted octanol–water partition coefficient (Wildman–Crippen LogP) is 4.44. The minimum absolute atomic E-state index is 0.314. The average molecular weight is 422 g/mol. The van der Waals surface area contributed by atoms with E-state index in [1.54, 1.807) is 48.5 Å². The number of carboxylic acid groups (broad SMARTS) is 1. The molecule has 3 aromatic carbocycles. The number of aliphatic hydroxyl groups excluding tert-OH is 1. The van der Waals surface area contributed by atoms with E-state index in [0.29, 0.717) is 21.7 Å². The Kier molecular flexibility index (Phi) is 5.57. The third-order valence-corrected chi connectivity index (χ3v) is 5.80. The third-order valence-electron chi connectivity index (χ3n) is 5.55. The van der Waals surface area contributed by atoms with Gasteiger partial charge in [-0.25, -0.2) is 0 Å². The lowest BCUT2D eigenvalue weighted by atomic mass is 9.78. The Bertz CT molecular complexity index is 1070. The zero-order valence-corrected chi connectivity index (χ0v) is 16.7. The molecule has 0 radical (unpaired) electrons. The molecule has 6 heteroatoms. The van der Waals surface area contributed by atoms with Gasteiger partial charge in [0.05, 0.1) is 18.7 Å². The molecule has 30 heavy (non-hydrogen) atoms. The summed E-state index contributed by atoms with van der Waals surface area (Å²) in [6.07, 6.45) is 0. The minimum atomic E-state index is -1.04. The maximum atomic E-state index is 13.6. The van der Waals surface area contributed by atoms with Crippen molar-refractivity contribution in [2.75, 3.05) is 6.61 Å². The maximum absolute atomic E-state index is 13.6. The molecule has 0 bridgehead atoms. The van der Waals surface area contributed by atoms with Gasteiger partial charge in [0.2, 0.25) is 0 Å². The van der Waals surface area contributed by atoms with Gasteiger partial charge in [0.15, 0.2) is 0 Å². The van der Waals surface area contributed by atoms with E-state index in [1.807, 2.05) is 30.3 Å². The number of carboxylic acids is 1. The van der Waals surface area contributed by atoms with Crippen LogP contribution in [0, 0.1) is 0 Å². The normalized spacial score (nSPS) is 19.3. The van der Waals surface area contributed by atoms with E-state index >= 15 is 0 Å². The summed E-state index contributed by atoms with van der Waals surface area (Å²) in [7, 11) is 0. The van der Waals surface area contributed by atoms with Crippen molar-refractivity contribution in [1.29, 1.82) is 0 Å². The lowest BCUT2D eigenvalue weighted by molar-refractivity contribution is -0.141. The number of fused-ring (bicyclic) bond motifs is 1. The van der Waals surface area contributed by atoms with Crippen LogP contribution in [0.4, 0.5) is 0 Å². The molecule has 2 N–H and O–H groups in total. The zero-order chi connectivity index (χ0) is 21.3. The first-order chi connectivity index (χ1) is 14.5. The van der Waals surface area contributed by atoms with E-state index in [0.717, 1.165) is 5.56 Å². The van der Waals surface area contributed by atoms with Crippen LogP contribution in [0.5, 0.6) is 0 Å². The Balaban J connectivity index is 1.95. The number of hydrogen-bond acceptors (Lipinski definition) is 3. The van der Waals surface area contributed by atoms with Crippen LogP contribution in [0.3, 0.4) is 0 Å². The van der Waals surface area contributed by atoms with Crippen molar-refractivity contribution in [3.05, 3.63) is 106 Å². The fourth-order valence-corrected chi connectivity index (χ4v) is 4.33. The molecule has 3 atom stereocenters. The quantitative estimate of drug-likeness (QED) is 0.638. The van der Waals surface area contributed by atoms with Crippen LogP contribution >= 0.6 is 11.6 Å². The van der Waals surface area contributed by atoms with Gasteiger partial charge < -0.3 is 15.1 Å². The third kappa shape index (κ3) is 3.47. The van der Waals surface area contributed by atoms with Crippen molar-refractivity contribution in [2.45, 2.75) is 18.0 Å². The summed E-state index contributed by atoms with van der Waals surface area (Å²) in [6.45, 7) is -0.339. The second-order valence-corrected chi connectivity index (χ2v) is 7.66. The molecule has 3 aromatic rings. The molecule has 1 heterocycles. The predicted molar refractivity (Wildman–Crippen MR) is 113 cm³/mol. The molecular formula is C24H20ClNO4. The van der Waals surface area contributed by atoms with Gasteiger partial charge in [-0.2, -0.15) is 0 Å². The first kappa shape index (κ1) is 20.1. The van der Waals surface area contributed by atoms with Crippen LogP contribution in [0.1, 0.15) is 45.0 Å². The first-order valence-corrected chi connectivity index (χ1v) is 9.96. The molecule has 4 rings (SSSR count). The second kappa shape index (κ2) is 8.30. The van der Waals surface area contributed by atoms with Crippen LogP contribution in [0.2, 0.25) is 5.02 Å². The van der Waals surface area contributed by atoms with E-state index < -0.39 is 24.0 Å². The highest BCUT2D eigenvalue weighted by atomic mass is 35.5. The standard InChI is InChI=1S/C24H20ClNO4/c25-17-12-10-16(11-13-17)22-21(24(29)30)18-8-4-5-9-19(18)23(28)26(22)20(14-27)15-6-2-1-3-7-15/h1-13,20-22,27H,14H2,(H,29,30)/t20-,21-,22+/m1/s1. The van der Waals surface area contributed by atoms with Gasteiger partial charge >= 0.3 is 5.97 Å². The molecule has 0 aromatic heterocycles. The minimum Gasteiger partial charge on any atom is -0.481 e. The fourth-order valence-electron chi connectivity index (χ4n) is 4.20. The van der Waals surface area contributed by atoms with Crippen LogP contribution in [0.25, 0.3) is 0 Å². The Morgan fingerprint density at radius 1 is 0.967 bits per heavy atom. The monoisotopic (exact) mass is 421 g/mol. The molecule has 0 unspecified atom stereocenters. The zero-order valence-electron chi connectivity index (χ0n) is 16.0. The van der Waals surface area contributed by atoms with Gasteiger partial charge in [-0.05, 0) is 34.9 Å². The van der Waals surface area contributed by atoms with Gasteiger partial charge in [0.1, 0.15) is 5.92 Å². The van der Waals surface area contributed by atoms with E-state index in [2.05, 4.69) is 0 Å². The van der Waals surface area contributed by atoms with Crippen LogP contribution in [-0.4, -0.2) is 33.6 Å². The van der Waals surface area contributed by atoms with Crippen molar-refractivity contribution in [1.82, 2.24) is 4.90 Å². The lowest BCUT2D eigenvalue weighted by Crippen LogP contribution is -2.47. The van der Waals surface area contributed by atoms with Crippen molar-refractivity contribution in [3.8, 4) is 0 Å². The summed E-state index contributed by atoms with van der Waals surface area (Å²) < 4.78 is 0. The number of halogens is 1. The number of aliphatic carboxylic acids is 1. The summed E-state index contributed by atoms with van der Waals surface area (Å²) in [5, 5.41) is 21.0. The van der Waals surface area contributed by atoms with E-state index in [9.17, 15) is 19.8 Å². The van der Waals surface area contributed by atoms with Crippen molar-refractivity contribution in [3.63, 3.8) is 0 Å². The highest BCUT2D eigenvalue weighted by Gasteiger charge is 2.46. The van der Waals surface area contributed by atoms with Crippen molar-refractivity contribution in [2.24, 2.45) is 0 Å². The highest BCUT2D eigenvalue weighted by molar-refractivity contribution is 6.30. The molecule has 0 fully saturated rings. The second-order valence-electron chi connectivity index (χ2n) is 7.22. The van der Waals surface area contributed by atoms with Crippen LogP contribution < -0.4 is 0 Å². The summed E-state index contributed by atoms with van der Waals surface area (Å²) in [4.78, 5) is 27.5. The number of nitrogens with zero attached hydrogens (tertiary/aromatic N) is 1. The smallest absolute Gasteiger partial charge is 0.313 e. The van der Waals surface area contributed by atoms with Crippen molar-refractivity contribution >= 4 is 23.5 Å². The van der Waals surface area contributed by atoms with Gasteiger partial charge in [-0.1, -0.05) is 72.3 Å². The lowest BCUT2D eigenvalue weighted by Gasteiger charge is -2.44. The summed E-state index contributed by atoms with van der Waals surface area (Å²) in [5.41, 5.74) is 2.18.